The van der Waals surface area contributed by atoms with Crippen molar-refractivity contribution in [2.45, 2.75) is 25.8 Å². The lowest BCUT2D eigenvalue weighted by molar-refractivity contribution is -0.138. The molecule has 1 aromatic rings. The van der Waals surface area contributed by atoms with Gasteiger partial charge in [-0.1, -0.05) is 0 Å². The summed E-state index contributed by atoms with van der Waals surface area (Å²) in [6, 6.07) is 2.76. The molecular formula is C13H16N2O4. The number of aromatic nitrogens is 1. The maximum atomic E-state index is 11.5. The highest BCUT2D eigenvalue weighted by Gasteiger charge is 2.31. The maximum Gasteiger partial charge on any atom is 0.339 e. The summed E-state index contributed by atoms with van der Waals surface area (Å²) in [6.45, 7) is 2.38. The molecule has 1 aromatic heterocycles. The number of methoxy groups -OCH3 is 1. The van der Waals surface area contributed by atoms with Gasteiger partial charge in [-0.25, -0.2) is 14.6 Å². The van der Waals surface area contributed by atoms with E-state index in [1.165, 1.54) is 7.11 Å². The smallest absolute Gasteiger partial charge is 0.339 e. The predicted octanol–water partition coefficient (Wildman–Crippen LogP) is 1.23. The van der Waals surface area contributed by atoms with Crippen molar-refractivity contribution in [3.05, 3.63) is 23.4 Å². The van der Waals surface area contributed by atoms with Crippen LogP contribution in [0.4, 0.5) is 5.82 Å². The fourth-order valence-corrected chi connectivity index (χ4v) is 2.33. The lowest BCUT2D eigenvalue weighted by atomic mass is 10.2. The highest BCUT2D eigenvalue weighted by molar-refractivity contribution is 5.90. The Hall–Kier alpha value is -2.11. The minimum absolute atomic E-state index is 0.400. The number of pyridine rings is 1. The molecule has 1 unspecified atom stereocenters. The molecule has 0 saturated carbocycles. The largest absolute Gasteiger partial charge is 0.480 e. The van der Waals surface area contributed by atoms with E-state index in [1.807, 2.05) is 0 Å². The van der Waals surface area contributed by atoms with Gasteiger partial charge in [-0.15, -0.1) is 0 Å². The van der Waals surface area contributed by atoms with Gasteiger partial charge in [0.25, 0.3) is 0 Å². The van der Waals surface area contributed by atoms with Crippen LogP contribution in [0.2, 0.25) is 0 Å². The third kappa shape index (κ3) is 2.52. The van der Waals surface area contributed by atoms with Crippen LogP contribution in [0.15, 0.2) is 12.1 Å². The van der Waals surface area contributed by atoms with Crippen LogP contribution in [-0.4, -0.2) is 41.7 Å². The number of anilines is 1. The number of carboxylic acids is 1. The summed E-state index contributed by atoms with van der Waals surface area (Å²) in [5.74, 6) is -0.684. The Labute approximate surface area is 111 Å². The molecule has 6 heteroatoms. The third-order valence-electron chi connectivity index (χ3n) is 3.31. The van der Waals surface area contributed by atoms with Crippen LogP contribution in [0.5, 0.6) is 0 Å². The van der Waals surface area contributed by atoms with Gasteiger partial charge >= 0.3 is 11.9 Å². The van der Waals surface area contributed by atoms with Crippen molar-refractivity contribution < 1.29 is 19.4 Å². The van der Waals surface area contributed by atoms with Crippen LogP contribution in [0.25, 0.3) is 0 Å². The molecule has 2 rings (SSSR count). The number of carboxylic acid groups (broad SMARTS) is 1. The summed E-state index contributed by atoms with van der Waals surface area (Å²) < 4.78 is 4.66. The second kappa shape index (κ2) is 5.26. The summed E-state index contributed by atoms with van der Waals surface area (Å²) >= 11 is 0. The molecule has 1 saturated heterocycles. The van der Waals surface area contributed by atoms with Crippen LogP contribution in [-0.2, 0) is 9.53 Å². The fraction of sp³-hybridized carbons (Fsp3) is 0.462. The first-order valence-corrected chi connectivity index (χ1v) is 6.10. The van der Waals surface area contributed by atoms with E-state index in [2.05, 4.69) is 9.72 Å². The zero-order chi connectivity index (χ0) is 14.0. The molecule has 1 aliphatic rings. The first kappa shape index (κ1) is 13.3. The standard InChI is InChI=1S/C13H16N2O4/c1-8-9(13(18)19-2)5-6-11(14-8)15-7-3-4-10(15)12(16)17/h5-6,10H,3-4,7H2,1-2H3,(H,16,17). The Morgan fingerprint density at radius 2 is 2.21 bits per heavy atom. The second-order valence-electron chi connectivity index (χ2n) is 4.48. The maximum absolute atomic E-state index is 11.5. The summed E-state index contributed by atoms with van der Waals surface area (Å²) in [5.41, 5.74) is 0.942. The van der Waals surface area contributed by atoms with Gasteiger partial charge < -0.3 is 14.7 Å². The number of hydrogen-bond donors (Lipinski definition) is 1. The normalized spacial score (nSPS) is 18.4. The van der Waals surface area contributed by atoms with Crippen molar-refractivity contribution in [2.75, 3.05) is 18.6 Å². The van der Waals surface area contributed by atoms with Crippen molar-refractivity contribution in [3.8, 4) is 0 Å². The van der Waals surface area contributed by atoms with Crippen LogP contribution in [0.3, 0.4) is 0 Å². The average Bonchev–Trinajstić information content (AvgIpc) is 2.87. The van der Waals surface area contributed by atoms with E-state index < -0.39 is 18.0 Å². The van der Waals surface area contributed by atoms with Crippen molar-refractivity contribution in [3.63, 3.8) is 0 Å². The molecule has 0 aromatic carbocycles. The number of hydrogen-bond acceptors (Lipinski definition) is 5. The monoisotopic (exact) mass is 264 g/mol. The van der Waals surface area contributed by atoms with Gasteiger partial charge in [-0.2, -0.15) is 0 Å². The van der Waals surface area contributed by atoms with E-state index in [4.69, 9.17) is 5.11 Å². The van der Waals surface area contributed by atoms with Crippen LogP contribution >= 0.6 is 0 Å². The highest BCUT2D eigenvalue weighted by atomic mass is 16.5. The molecule has 19 heavy (non-hydrogen) atoms. The summed E-state index contributed by atoms with van der Waals surface area (Å²) in [6.07, 6.45) is 1.45. The number of esters is 1. The van der Waals surface area contributed by atoms with Crippen LogP contribution < -0.4 is 4.90 Å². The zero-order valence-corrected chi connectivity index (χ0v) is 10.9. The molecule has 0 aliphatic carbocycles. The van der Waals surface area contributed by atoms with Gasteiger partial charge in [0.2, 0.25) is 0 Å². The SMILES string of the molecule is COC(=O)c1ccc(N2CCCC2C(=O)O)nc1C. The predicted molar refractivity (Wildman–Crippen MR) is 68.3 cm³/mol. The topological polar surface area (TPSA) is 79.7 Å². The number of carbonyl (C=O) groups excluding carboxylic acids is 1. The molecule has 1 fully saturated rings. The highest BCUT2D eigenvalue weighted by Crippen LogP contribution is 2.25. The van der Waals surface area contributed by atoms with Crippen molar-refractivity contribution in [2.24, 2.45) is 0 Å². The van der Waals surface area contributed by atoms with Gasteiger partial charge in [-0.3, -0.25) is 0 Å². The fourth-order valence-electron chi connectivity index (χ4n) is 2.33. The molecule has 1 atom stereocenters. The Morgan fingerprint density at radius 1 is 1.47 bits per heavy atom. The van der Waals surface area contributed by atoms with Crippen LogP contribution in [0, 0.1) is 6.92 Å². The van der Waals surface area contributed by atoms with E-state index in [0.717, 1.165) is 6.42 Å². The minimum Gasteiger partial charge on any atom is -0.480 e. The molecule has 1 N–H and O–H groups in total. The number of ether oxygens (including phenoxy) is 1. The van der Waals surface area contributed by atoms with Gasteiger partial charge in [-0.05, 0) is 31.9 Å². The van der Waals surface area contributed by atoms with Gasteiger partial charge in [0.1, 0.15) is 11.9 Å². The van der Waals surface area contributed by atoms with E-state index in [-0.39, 0.29) is 0 Å². The Kier molecular flexibility index (Phi) is 3.69. The lowest BCUT2D eigenvalue weighted by Crippen LogP contribution is -2.36. The Bertz CT molecular complexity index is 515. The molecule has 102 valence electrons. The van der Waals surface area contributed by atoms with Crippen molar-refractivity contribution in [1.29, 1.82) is 0 Å². The molecule has 0 amide bonds. The van der Waals surface area contributed by atoms with Crippen molar-refractivity contribution in [1.82, 2.24) is 4.98 Å². The Morgan fingerprint density at radius 3 is 2.79 bits per heavy atom. The first-order valence-electron chi connectivity index (χ1n) is 6.10. The number of aliphatic carboxylic acids is 1. The summed E-state index contributed by atoms with van der Waals surface area (Å²) in [5, 5.41) is 9.15. The Balaban J connectivity index is 2.29. The number of aryl methyl sites for hydroxylation is 1. The van der Waals surface area contributed by atoms with Crippen LogP contribution in [0.1, 0.15) is 28.9 Å². The first-order chi connectivity index (χ1) is 9.04. The zero-order valence-electron chi connectivity index (χ0n) is 10.9. The minimum atomic E-state index is -0.839. The molecule has 0 radical (unpaired) electrons. The van der Waals surface area contributed by atoms with Gasteiger partial charge in [0.15, 0.2) is 0 Å². The molecule has 0 spiro atoms. The number of rotatable bonds is 3. The van der Waals surface area contributed by atoms with Gasteiger partial charge in [0, 0.05) is 6.54 Å². The molecule has 0 bridgehead atoms. The molecular weight excluding hydrogens is 248 g/mol. The molecule has 2 heterocycles. The second-order valence-corrected chi connectivity index (χ2v) is 4.48. The summed E-state index contributed by atoms with van der Waals surface area (Å²) in [4.78, 5) is 28.7. The number of carbonyl (C=O) groups is 2. The quantitative estimate of drug-likeness (QED) is 0.827. The van der Waals surface area contributed by atoms with E-state index in [1.54, 1.807) is 24.0 Å². The van der Waals surface area contributed by atoms with Crippen molar-refractivity contribution >= 4 is 17.8 Å². The molecule has 6 nitrogen and oxygen atoms in total. The summed E-state index contributed by atoms with van der Waals surface area (Å²) in [7, 11) is 1.32. The number of nitrogens with zero attached hydrogens (tertiary/aromatic N) is 2. The average molecular weight is 264 g/mol. The van der Waals surface area contributed by atoms with E-state index >= 15 is 0 Å². The van der Waals surface area contributed by atoms with Gasteiger partial charge in [0.05, 0.1) is 18.4 Å². The molecule has 1 aliphatic heterocycles. The third-order valence-corrected chi connectivity index (χ3v) is 3.31. The van der Waals surface area contributed by atoms with E-state index in [0.29, 0.717) is 30.0 Å². The lowest BCUT2D eigenvalue weighted by Gasteiger charge is -2.23. The van der Waals surface area contributed by atoms with E-state index in [9.17, 15) is 9.59 Å².